The molecule has 0 fully saturated rings. The number of H-pyrrole nitrogens is 2. The van der Waals surface area contributed by atoms with Crippen LogP contribution in [0, 0.1) is 0 Å². The van der Waals surface area contributed by atoms with Crippen LogP contribution in [0.15, 0.2) is 47.6 Å². The maximum atomic E-state index is 12.2. The van der Waals surface area contributed by atoms with Crippen LogP contribution < -0.4 is 5.43 Å². The van der Waals surface area contributed by atoms with E-state index in [4.69, 9.17) is 0 Å². The molecule has 0 unspecified atom stereocenters. The van der Waals surface area contributed by atoms with Gasteiger partial charge in [0.15, 0.2) is 0 Å². The van der Waals surface area contributed by atoms with Gasteiger partial charge in [0.05, 0.1) is 17.6 Å². The van der Waals surface area contributed by atoms with Gasteiger partial charge in [0.25, 0.3) is 5.91 Å². The number of hydrogen-bond acceptors (Lipinski definition) is 3. The normalized spacial score (nSPS) is 13.8. The fraction of sp³-hybridized carbons (Fsp3) is 0.211. The van der Waals surface area contributed by atoms with E-state index in [0.717, 1.165) is 29.8 Å². The van der Waals surface area contributed by atoms with Crippen LogP contribution in [-0.2, 0) is 12.8 Å². The van der Waals surface area contributed by atoms with Gasteiger partial charge in [-0.1, -0.05) is 30.3 Å². The largest absolute Gasteiger partial charge is 0.357 e. The lowest BCUT2D eigenvalue weighted by Gasteiger charge is -2.08. The van der Waals surface area contributed by atoms with Gasteiger partial charge >= 0.3 is 0 Å². The Morgan fingerprint density at radius 1 is 1.16 bits per heavy atom. The predicted molar refractivity (Wildman–Crippen MR) is 96.5 cm³/mol. The quantitative estimate of drug-likeness (QED) is 0.506. The van der Waals surface area contributed by atoms with Gasteiger partial charge in [-0.2, -0.15) is 10.2 Å². The van der Waals surface area contributed by atoms with Crippen molar-refractivity contribution < 1.29 is 4.79 Å². The number of carbonyl (C=O) groups excluding carboxylic acids is 1. The Labute approximate surface area is 145 Å². The minimum atomic E-state index is -0.317. The molecule has 0 spiro atoms. The summed E-state index contributed by atoms with van der Waals surface area (Å²) < 4.78 is 0. The highest BCUT2D eigenvalue weighted by molar-refractivity contribution is 5.94. The van der Waals surface area contributed by atoms with Crippen molar-refractivity contribution in [3.05, 3.63) is 65.1 Å². The summed E-state index contributed by atoms with van der Waals surface area (Å²) in [5, 5.41) is 11.0. The number of aromatic nitrogens is 3. The first kappa shape index (κ1) is 15.4. The minimum absolute atomic E-state index is 0.317. The second kappa shape index (κ2) is 6.76. The molecule has 4 rings (SSSR count). The summed E-state index contributed by atoms with van der Waals surface area (Å²) in [7, 11) is 0. The van der Waals surface area contributed by atoms with Gasteiger partial charge in [-0.25, -0.2) is 5.43 Å². The van der Waals surface area contributed by atoms with Crippen LogP contribution in [0.2, 0.25) is 0 Å². The number of rotatable bonds is 4. The molecule has 3 aromatic rings. The highest BCUT2D eigenvalue weighted by Crippen LogP contribution is 2.21. The van der Waals surface area contributed by atoms with Crippen LogP contribution in [0.5, 0.6) is 0 Å². The zero-order valence-electron chi connectivity index (χ0n) is 13.7. The first-order valence-electron chi connectivity index (χ1n) is 8.44. The Kier molecular flexibility index (Phi) is 4.16. The number of aromatic amines is 2. The summed E-state index contributed by atoms with van der Waals surface area (Å²) in [5.74, 6) is -0.317. The van der Waals surface area contributed by atoms with Crippen LogP contribution in [0.25, 0.3) is 11.3 Å². The molecule has 0 radical (unpaired) electrons. The van der Waals surface area contributed by atoms with E-state index in [1.807, 2.05) is 30.3 Å². The van der Waals surface area contributed by atoms with Crippen molar-refractivity contribution in [2.75, 3.05) is 0 Å². The number of fused-ring (bicyclic) bond motifs is 1. The molecule has 0 atom stereocenters. The van der Waals surface area contributed by atoms with Crippen molar-refractivity contribution in [3.8, 4) is 11.3 Å². The zero-order chi connectivity index (χ0) is 17.1. The van der Waals surface area contributed by atoms with Crippen molar-refractivity contribution in [2.24, 2.45) is 5.10 Å². The zero-order valence-corrected chi connectivity index (χ0v) is 13.7. The van der Waals surface area contributed by atoms with E-state index >= 15 is 0 Å². The lowest BCUT2D eigenvalue weighted by atomic mass is 9.98. The fourth-order valence-electron chi connectivity index (χ4n) is 3.11. The third-order valence-corrected chi connectivity index (χ3v) is 4.40. The van der Waals surface area contributed by atoms with Crippen molar-refractivity contribution >= 4 is 12.1 Å². The molecule has 0 aliphatic heterocycles. The average molecular weight is 333 g/mol. The molecule has 0 saturated carbocycles. The molecular formula is C19H19N5O. The third-order valence-electron chi connectivity index (χ3n) is 4.40. The highest BCUT2D eigenvalue weighted by atomic mass is 16.2. The Bertz CT molecular complexity index is 884. The number of carbonyl (C=O) groups is 1. The molecule has 3 N–H and O–H groups in total. The lowest BCUT2D eigenvalue weighted by Crippen LogP contribution is -2.18. The van der Waals surface area contributed by atoms with E-state index in [1.54, 1.807) is 12.3 Å². The standard InChI is InChI=1S/C19H19N5O/c25-19(18-11-17(22-23-18)13-6-2-1-3-7-13)24-20-12-15-10-14-8-4-5-9-16(14)21-15/h1-3,6-7,10-12,21H,4-5,8-9H2,(H,22,23)(H,24,25)/b20-12+. The SMILES string of the molecule is O=C(N/N=C/c1cc2c([nH]1)CCCC2)c1cc(-c2ccccc2)n[nH]1. The van der Waals surface area contributed by atoms with Crippen molar-refractivity contribution in [3.63, 3.8) is 0 Å². The summed E-state index contributed by atoms with van der Waals surface area (Å²) >= 11 is 0. The van der Waals surface area contributed by atoms with Crippen molar-refractivity contribution in [2.45, 2.75) is 25.7 Å². The second-order valence-electron chi connectivity index (χ2n) is 6.17. The monoisotopic (exact) mass is 333 g/mol. The Morgan fingerprint density at radius 2 is 2.00 bits per heavy atom. The number of aryl methyl sites for hydroxylation is 2. The smallest absolute Gasteiger partial charge is 0.289 e. The van der Waals surface area contributed by atoms with Crippen molar-refractivity contribution in [1.82, 2.24) is 20.6 Å². The maximum Gasteiger partial charge on any atom is 0.289 e. The number of hydrogen-bond donors (Lipinski definition) is 3. The molecule has 6 nitrogen and oxygen atoms in total. The number of nitrogens with one attached hydrogen (secondary N) is 3. The van der Waals surface area contributed by atoms with Gasteiger partial charge in [0.1, 0.15) is 5.69 Å². The fourth-order valence-corrected chi connectivity index (χ4v) is 3.11. The van der Waals surface area contributed by atoms with Crippen LogP contribution >= 0.6 is 0 Å². The number of benzene rings is 1. The van der Waals surface area contributed by atoms with E-state index in [0.29, 0.717) is 5.69 Å². The molecule has 2 heterocycles. The first-order valence-corrected chi connectivity index (χ1v) is 8.44. The minimum Gasteiger partial charge on any atom is -0.357 e. The molecule has 2 aromatic heterocycles. The average Bonchev–Trinajstić information content (AvgIpc) is 3.29. The van der Waals surface area contributed by atoms with E-state index < -0.39 is 0 Å². The lowest BCUT2D eigenvalue weighted by molar-refractivity contribution is 0.0950. The summed E-state index contributed by atoms with van der Waals surface area (Å²) in [5.41, 5.74) is 8.17. The summed E-state index contributed by atoms with van der Waals surface area (Å²) in [6, 6.07) is 13.5. The second-order valence-corrected chi connectivity index (χ2v) is 6.17. The number of nitrogens with zero attached hydrogens (tertiary/aromatic N) is 2. The van der Waals surface area contributed by atoms with E-state index in [-0.39, 0.29) is 5.91 Å². The Hall–Kier alpha value is -3.15. The highest BCUT2D eigenvalue weighted by Gasteiger charge is 2.12. The molecule has 25 heavy (non-hydrogen) atoms. The maximum absolute atomic E-state index is 12.2. The van der Waals surface area contributed by atoms with Gasteiger partial charge in [-0.15, -0.1) is 0 Å². The summed E-state index contributed by atoms with van der Waals surface area (Å²) in [4.78, 5) is 15.5. The van der Waals surface area contributed by atoms with Crippen LogP contribution in [0.3, 0.4) is 0 Å². The molecule has 1 aromatic carbocycles. The summed E-state index contributed by atoms with van der Waals surface area (Å²) in [6.45, 7) is 0. The van der Waals surface area contributed by atoms with Gasteiger partial charge in [0, 0.05) is 11.3 Å². The molecule has 1 aliphatic rings. The third kappa shape index (κ3) is 3.38. The van der Waals surface area contributed by atoms with Gasteiger partial charge in [0.2, 0.25) is 0 Å². The predicted octanol–water partition coefficient (Wildman–Crippen LogP) is 3.05. The molecular weight excluding hydrogens is 314 g/mol. The van der Waals surface area contributed by atoms with Crippen LogP contribution in [-0.4, -0.2) is 27.3 Å². The van der Waals surface area contributed by atoms with Crippen LogP contribution in [0.4, 0.5) is 0 Å². The molecule has 6 heteroatoms. The topological polar surface area (TPSA) is 85.9 Å². The Morgan fingerprint density at radius 3 is 2.84 bits per heavy atom. The summed E-state index contributed by atoms with van der Waals surface area (Å²) in [6.07, 6.45) is 6.31. The molecule has 1 amide bonds. The molecule has 0 bridgehead atoms. The van der Waals surface area contributed by atoms with E-state index in [2.05, 4.69) is 31.8 Å². The number of hydrazone groups is 1. The first-order chi connectivity index (χ1) is 12.3. The number of amides is 1. The van der Waals surface area contributed by atoms with Gasteiger partial charge in [-0.05, 0) is 43.4 Å². The van der Waals surface area contributed by atoms with Crippen LogP contribution in [0.1, 0.15) is 40.3 Å². The van der Waals surface area contributed by atoms with Gasteiger partial charge in [-0.3, -0.25) is 9.89 Å². The molecule has 0 saturated heterocycles. The molecule has 1 aliphatic carbocycles. The van der Waals surface area contributed by atoms with Crippen molar-refractivity contribution in [1.29, 1.82) is 0 Å². The van der Waals surface area contributed by atoms with E-state index in [1.165, 1.54) is 24.1 Å². The van der Waals surface area contributed by atoms with E-state index in [9.17, 15) is 4.79 Å². The molecule has 126 valence electrons. The Balaban J connectivity index is 1.40. The van der Waals surface area contributed by atoms with Gasteiger partial charge < -0.3 is 4.98 Å².